The number of nitrogens with one attached hydrogen (secondary N) is 1. The van der Waals surface area contributed by atoms with Gasteiger partial charge in [-0.25, -0.2) is 0 Å². The molecule has 1 saturated heterocycles. The predicted octanol–water partition coefficient (Wildman–Crippen LogP) is 5.97. The summed E-state index contributed by atoms with van der Waals surface area (Å²) in [6.07, 6.45) is 3.78. The third-order valence-electron chi connectivity index (χ3n) is 5.51. The molecule has 1 aliphatic heterocycles. The molecule has 1 heterocycles. The lowest BCUT2D eigenvalue weighted by molar-refractivity contribution is -0.121. The van der Waals surface area contributed by atoms with E-state index in [1.807, 2.05) is 18.2 Å². The number of hydrogen-bond donors (Lipinski definition) is 1. The number of aryl methyl sites for hydroxylation is 2. The fourth-order valence-electron chi connectivity index (χ4n) is 3.94. The summed E-state index contributed by atoms with van der Waals surface area (Å²) in [4.78, 5) is 15.4. The molecule has 3 nitrogen and oxygen atoms in total. The van der Waals surface area contributed by atoms with E-state index in [1.54, 1.807) is 0 Å². The molecular formula is C23H28Cl2N2O. The molecule has 2 aromatic carbocycles. The van der Waals surface area contributed by atoms with E-state index in [0.29, 0.717) is 10.0 Å². The zero-order valence-corrected chi connectivity index (χ0v) is 18.1. The highest BCUT2D eigenvalue weighted by atomic mass is 35.5. The van der Waals surface area contributed by atoms with Crippen LogP contribution in [-0.4, -0.2) is 23.9 Å². The maximum Gasteiger partial charge on any atom is 0.228 e. The maximum atomic E-state index is 13.0. The van der Waals surface area contributed by atoms with Crippen LogP contribution in [0.3, 0.4) is 0 Å². The molecule has 3 rings (SSSR count). The second-order valence-electron chi connectivity index (χ2n) is 7.47. The van der Waals surface area contributed by atoms with Crippen LogP contribution in [0.15, 0.2) is 36.4 Å². The number of likely N-dealkylation sites (tertiary alicyclic amines) is 1. The van der Waals surface area contributed by atoms with E-state index in [-0.39, 0.29) is 11.8 Å². The fraction of sp³-hybridized carbons (Fsp3) is 0.435. The van der Waals surface area contributed by atoms with E-state index in [4.69, 9.17) is 23.2 Å². The molecule has 0 radical (unpaired) electrons. The quantitative estimate of drug-likeness (QED) is 0.626. The third kappa shape index (κ3) is 5.08. The van der Waals surface area contributed by atoms with Crippen LogP contribution in [0.25, 0.3) is 0 Å². The first-order valence-electron chi connectivity index (χ1n) is 10.1. The Hall–Kier alpha value is -1.55. The van der Waals surface area contributed by atoms with Crippen LogP contribution in [-0.2, 0) is 24.2 Å². The van der Waals surface area contributed by atoms with Crippen molar-refractivity contribution in [1.29, 1.82) is 0 Å². The Morgan fingerprint density at radius 1 is 1.11 bits per heavy atom. The average Bonchev–Trinajstić information content (AvgIpc) is 2.71. The van der Waals surface area contributed by atoms with Gasteiger partial charge in [0.2, 0.25) is 5.91 Å². The highest BCUT2D eigenvalue weighted by Gasteiger charge is 2.26. The summed E-state index contributed by atoms with van der Waals surface area (Å²) >= 11 is 12.2. The van der Waals surface area contributed by atoms with Crippen molar-refractivity contribution in [1.82, 2.24) is 4.90 Å². The molecule has 150 valence electrons. The lowest BCUT2D eigenvalue weighted by atomic mass is 9.95. The van der Waals surface area contributed by atoms with Gasteiger partial charge in [0.1, 0.15) is 0 Å². The van der Waals surface area contributed by atoms with Crippen LogP contribution < -0.4 is 5.32 Å². The number of halogens is 2. The number of anilines is 1. The first kappa shape index (κ1) is 21.2. The van der Waals surface area contributed by atoms with Gasteiger partial charge in [-0.1, -0.05) is 61.3 Å². The molecule has 0 aliphatic carbocycles. The van der Waals surface area contributed by atoms with Crippen LogP contribution in [0, 0.1) is 5.92 Å². The van der Waals surface area contributed by atoms with Crippen molar-refractivity contribution in [2.75, 3.05) is 18.4 Å². The van der Waals surface area contributed by atoms with Crippen LogP contribution in [0.4, 0.5) is 5.69 Å². The monoisotopic (exact) mass is 418 g/mol. The van der Waals surface area contributed by atoms with Crippen molar-refractivity contribution < 1.29 is 4.79 Å². The zero-order valence-electron chi connectivity index (χ0n) is 16.6. The molecule has 1 N–H and O–H groups in total. The summed E-state index contributed by atoms with van der Waals surface area (Å²) < 4.78 is 0. The van der Waals surface area contributed by atoms with E-state index in [2.05, 4.69) is 42.3 Å². The van der Waals surface area contributed by atoms with Gasteiger partial charge in [-0.15, -0.1) is 0 Å². The average molecular weight is 419 g/mol. The topological polar surface area (TPSA) is 32.3 Å². The van der Waals surface area contributed by atoms with Crippen LogP contribution in [0.2, 0.25) is 10.0 Å². The second-order valence-corrected chi connectivity index (χ2v) is 8.28. The highest BCUT2D eigenvalue weighted by molar-refractivity contribution is 6.42. The van der Waals surface area contributed by atoms with Crippen molar-refractivity contribution in [2.45, 2.75) is 46.1 Å². The first-order valence-corrected chi connectivity index (χ1v) is 10.8. The summed E-state index contributed by atoms with van der Waals surface area (Å²) in [6, 6.07) is 12.0. The lowest BCUT2D eigenvalue weighted by Crippen LogP contribution is -2.40. The molecule has 1 aliphatic rings. The van der Waals surface area contributed by atoms with Gasteiger partial charge in [0.15, 0.2) is 0 Å². The smallest absolute Gasteiger partial charge is 0.228 e. The Labute approximate surface area is 178 Å². The van der Waals surface area contributed by atoms with E-state index < -0.39 is 0 Å². The van der Waals surface area contributed by atoms with Crippen molar-refractivity contribution in [3.05, 3.63) is 63.1 Å². The summed E-state index contributed by atoms with van der Waals surface area (Å²) in [5.41, 5.74) is 4.55. The minimum atomic E-state index is 0.00569. The molecule has 2 aromatic rings. The van der Waals surface area contributed by atoms with Gasteiger partial charge in [-0.2, -0.15) is 0 Å². The molecule has 0 bridgehead atoms. The Kier molecular flexibility index (Phi) is 7.39. The molecule has 0 spiro atoms. The lowest BCUT2D eigenvalue weighted by Gasteiger charge is -2.32. The van der Waals surface area contributed by atoms with Crippen LogP contribution in [0.5, 0.6) is 0 Å². The number of benzene rings is 2. The Bertz CT molecular complexity index is 815. The Morgan fingerprint density at radius 2 is 1.82 bits per heavy atom. The number of amides is 1. The third-order valence-corrected chi connectivity index (χ3v) is 6.25. The van der Waals surface area contributed by atoms with Gasteiger partial charge in [0, 0.05) is 18.8 Å². The Balaban J connectivity index is 1.67. The minimum Gasteiger partial charge on any atom is -0.325 e. The minimum absolute atomic E-state index is 0.00569. The van der Waals surface area contributed by atoms with Gasteiger partial charge in [-0.05, 0) is 61.1 Å². The molecule has 28 heavy (non-hydrogen) atoms. The van der Waals surface area contributed by atoms with E-state index in [1.165, 1.54) is 11.1 Å². The van der Waals surface area contributed by atoms with Crippen molar-refractivity contribution >= 4 is 34.8 Å². The number of rotatable bonds is 6. The molecule has 0 aromatic heterocycles. The van der Waals surface area contributed by atoms with Gasteiger partial charge >= 0.3 is 0 Å². The molecule has 1 amide bonds. The molecule has 0 saturated carbocycles. The van der Waals surface area contributed by atoms with Crippen LogP contribution >= 0.6 is 23.2 Å². The number of para-hydroxylation sites is 1. The number of hydrogen-bond acceptors (Lipinski definition) is 2. The summed E-state index contributed by atoms with van der Waals surface area (Å²) in [7, 11) is 0. The molecule has 5 heteroatoms. The molecule has 1 unspecified atom stereocenters. The summed E-state index contributed by atoms with van der Waals surface area (Å²) in [5.74, 6) is 0.139. The van der Waals surface area contributed by atoms with Crippen molar-refractivity contribution in [3.63, 3.8) is 0 Å². The largest absolute Gasteiger partial charge is 0.325 e. The van der Waals surface area contributed by atoms with Crippen molar-refractivity contribution in [3.8, 4) is 0 Å². The zero-order chi connectivity index (χ0) is 20.1. The van der Waals surface area contributed by atoms with Gasteiger partial charge < -0.3 is 5.32 Å². The van der Waals surface area contributed by atoms with Gasteiger partial charge in [0.05, 0.1) is 16.0 Å². The number of nitrogens with zero attached hydrogens (tertiary/aromatic N) is 1. The second kappa shape index (κ2) is 9.78. The van der Waals surface area contributed by atoms with Gasteiger partial charge in [-0.3, -0.25) is 9.69 Å². The predicted molar refractivity (Wildman–Crippen MR) is 118 cm³/mol. The maximum absolute atomic E-state index is 13.0. The van der Waals surface area contributed by atoms with E-state index in [9.17, 15) is 4.79 Å². The van der Waals surface area contributed by atoms with Crippen molar-refractivity contribution in [2.24, 2.45) is 5.92 Å². The fourth-order valence-corrected chi connectivity index (χ4v) is 4.26. The number of carbonyl (C=O) groups is 1. The van der Waals surface area contributed by atoms with Crippen LogP contribution in [0.1, 0.15) is 43.4 Å². The molecule has 1 fully saturated rings. The number of piperidine rings is 1. The van der Waals surface area contributed by atoms with Gasteiger partial charge in [0.25, 0.3) is 0 Å². The molecular weight excluding hydrogens is 391 g/mol. The SMILES string of the molecule is CCc1cccc(CC)c1NC(=O)C1CCCN(Cc2ccc(Cl)c(Cl)c2)C1. The van der Waals surface area contributed by atoms with E-state index >= 15 is 0 Å². The summed E-state index contributed by atoms with van der Waals surface area (Å²) in [5, 5.41) is 4.40. The molecule has 1 atom stereocenters. The standard InChI is InChI=1S/C23H28Cl2N2O/c1-3-17-7-5-8-18(4-2)22(17)26-23(28)19-9-6-12-27(15-19)14-16-10-11-20(24)21(25)13-16/h5,7-8,10-11,13,19H,3-4,6,9,12,14-15H2,1-2H3,(H,26,28). The highest BCUT2D eigenvalue weighted by Crippen LogP contribution is 2.27. The summed E-state index contributed by atoms with van der Waals surface area (Å²) in [6.45, 7) is 6.80. The first-order chi connectivity index (χ1) is 13.5. The normalized spacial score (nSPS) is 17.5. The number of carbonyl (C=O) groups excluding carboxylic acids is 1. The van der Waals surface area contributed by atoms with E-state index in [0.717, 1.165) is 56.6 Å². The Morgan fingerprint density at radius 3 is 2.46 bits per heavy atom.